The van der Waals surface area contributed by atoms with Crippen molar-refractivity contribution in [3.05, 3.63) is 82.7 Å². The molecule has 1 aliphatic heterocycles. The van der Waals surface area contributed by atoms with Crippen LogP contribution in [0, 0.1) is 0 Å². The Bertz CT molecular complexity index is 1460. The van der Waals surface area contributed by atoms with Gasteiger partial charge in [0.15, 0.2) is 5.78 Å². The summed E-state index contributed by atoms with van der Waals surface area (Å²) in [5.41, 5.74) is 4.22. The largest absolute Gasteiger partial charge is 0.354 e. The Kier molecular flexibility index (Phi) is 8.57. The number of fused-ring (bicyclic) bond motifs is 2. The maximum atomic E-state index is 13.1. The molecule has 2 aliphatic rings. The standard InChI is InChI=1S/C32H39N3O4S/c1-23(36)25-10-9-11-28(18-25)40(38,39)27-14-12-24(13-15-27)20-34-31(37)29-19-26-21-33-22-32(30(26)35-29)16-7-5-3-2-4-6-8-17-32/h9-15,18-19,33,35H,2-8,16-17,20-22H2,1H3,(H,34,37). The van der Waals surface area contributed by atoms with Crippen molar-refractivity contribution in [3.8, 4) is 0 Å². The summed E-state index contributed by atoms with van der Waals surface area (Å²) in [6, 6.07) is 14.6. The molecule has 40 heavy (non-hydrogen) atoms. The molecule has 2 heterocycles. The molecule has 1 fully saturated rings. The molecule has 2 aromatic carbocycles. The molecule has 7 nitrogen and oxygen atoms in total. The third-order valence-electron chi connectivity index (χ3n) is 8.50. The number of hydrogen-bond acceptors (Lipinski definition) is 5. The van der Waals surface area contributed by atoms with Crippen molar-refractivity contribution in [2.24, 2.45) is 0 Å². The molecule has 1 amide bonds. The molecule has 3 aromatic rings. The van der Waals surface area contributed by atoms with Gasteiger partial charge in [0.1, 0.15) is 5.69 Å². The molecule has 8 heteroatoms. The van der Waals surface area contributed by atoms with Crippen LogP contribution in [0.5, 0.6) is 0 Å². The first-order valence-electron chi connectivity index (χ1n) is 14.4. The summed E-state index contributed by atoms with van der Waals surface area (Å²) in [6.45, 7) is 3.42. The highest BCUT2D eigenvalue weighted by Crippen LogP contribution is 2.40. The normalized spacial score (nSPS) is 17.6. The van der Waals surface area contributed by atoms with Crippen molar-refractivity contribution in [3.63, 3.8) is 0 Å². The Hall–Kier alpha value is -3.23. The van der Waals surface area contributed by atoms with E-state index in [1.54, 1.807) is 36.4 Å². The average Bonchev–Trinajstić information content (AvgIpc) is 3.42. The maximum Gasteiger partial charge on any atom is 0.267 e. The molecule has 0 radical (unpaired) electrons. The van der Waals surface area contributed by atoms with Crippen LogP contribution < -0.4 is 10.6 Å². The summed E-state index contributed by atoms with van der Waals surface area (Å²) in [5, 5.41) is 6.60. The van der Waals surface area contributed by atoms with Gasteiger partial charge in [-0.1, -0.05) is 69.2 Å². The van der Waals surface area contributed by atoms with E-state index in [-0.39, 0.29) is 33.4 Å². The predicted octanol–water partition coefficient (Wildman–Crippen LogP) is 5.85. The van der Waals surface area contributed by atoms with E-state index < -0.39 is 9.84 Å². The fraction of sp³-hybridized carbons (Fsp3) is 0.438. The fourth-order valence-corrected chi connectivity index (χ4v) is 7.51. The number of benzene rings is 2. The first kappa shape index (κ1) is 28.3. The van der Waals surface area contributed by atoms with Gasteiger partial charge in [0.05, 0.1) is 9.79 Å². The number of carbonyl (C=O) groups is 2. The van der Waals surface area contributed by atoms with Crippen LogP contribution in [0.25, 0.3) is 0 Å². The molecule has 1 saturated carbocycles. The molecule has 0 saturated heterocycles. The monoisotopic (exact) mass is 561 g/mol. The van der Waals surface area contributed by atoms with Gasteiger partial charge in [-0.15, -0.1) is 0 Å². The Labute approximate surface area is 237 Å². The van der Waals surface area contributed by atoms with Gasteiger partial charge in [-0.05, 0) is 61.2 Å². The highest BCUT2D eigenvalue weighted by Gasteiger charge is 2.38. The average molecular weight is 562 g/mol. The van der Waals surface area contributed by atoms with Gasteiger partial charge in [-0.3, -0.25) is 9.59 Å². The Balaban J connectivity index is 1.26. The number of carbonyl (C=O) groups excluding carboxylic acids is 2. The molecule has 0 bridgehead atoms. The van der Waals surface area contributed by atoms with Crippen LogP contribution in [0.2, 0.25) is 0 Å². The molecular weight excluding hydrogens is 522 g/mol. The Morgan fingerprint density at radius 1 is 0.875 bits per heavy atom. The second kappa shape index (κ2) is 12.1. The van der Waals surface area contributed by atoms with Crippen LogP contribution in [0.15, 0.2) is 64.4 Å². The first-order valence-corrected chi connectivity index (χ1v) is 15.9. The molecule has 0 unspecified atom stereocenters. The second-order valence-corrected chi connectivity index (χ2v) is 13.3. The van der Waals surface area contributed by atoms with Crippen molar-refractivity contribution in [2.75, 3.05) is 6.54 Å². The first-order chi connectivity index (χ1) is 19.3. The van der Waals surface area contributed by atoms with E-state index in [0.29, 0.717) is 11.3 Å². The Morgan fingerprint density at radius 3 is 2.23 bits per heavy atom. The number of sulfone groups is 1. The lowest BCUT2D eigenvalue weighted by Crippen LogP contribution is -2.43. The minimum Gasteiger partial charge on any atom is -0.354 e. The zero-order valence-corrected chi connectivity index (χ0v) is 24.0. The number of aromatic nitrogens is 1. The SMILES string of the molecule is CC(=O)c1cccc(S(=O)(=O)c2ccc(CNC(=O)c3cc4c([nH]3)C3(CCCCCCCCC3)CNC4)cc2)c1. The lowest BCUT2D eigenvalue weighted by molar-refractivity contribution is 0.0945. The molecule has 1 aromatic heterocycles. The number of Topliss-reactive ketones (excluding diaryl/α,β-unsaturated/α-hetero) is 1. The summed E-state index contributed by atoms with van der Waals surface area (Å²) < 4.78 is 26.2. The minimum atomic E-state index is -3.76. The van der Waals surface area contributed by atoms with Crippen molar-refractivity contribution in [2.45, 2.75) is 93.0 Å². The van der Waals surface area contributed by atoms with E-state index in [1.807, 2.05) is 6.07 Å². The molecule has 0 atom stereocenters. The van der Waals surface area contributed by atoms with Gasteiger partial charge < -0.3 is 15.6 Å². The number of nitrogens with one attached hydrogen (secondary N) is 3. The van der Waals surface area contributed by atoms with Gasteiger partial charge in [0.25, 0.3) is 5.91 Å². The van der Waals surface area contributed by atoms with E-state index in [4.69, 9.17) is 0 Å². The van der Waals surface area contributed by atoms with Crippen LogP contribution in [-0.2, 0) is 28.3 Å². The summed E-state index contributed by atoms with van der Waals surface area (Å²) in [7, 11) is -3.76. The zero-order chi connectivity index (χ0) is 28.2. The summed E-state index contributed by atoms with van der Waals surface area (Å²) in [6.07, 6.45) is 11.2. The predicted molar refractivity (Wildman–Crippen MR) is 155 cm³/mol. The fourth-order valence-electron chi connectivity index (χ4n) is 6.20. The number of ketones is 1. The molecule has 212 valence electrons. The van der Waals surface area contributed by atoms with Crippen LogP contribution in [0.4, 0.5) is 0 Å². The van der Waals surface area contributed by atoms with Crippen molar-refractivity contribution >= 4 is 21.5 Å². The van der Waals surface area contributed by atoms with Crippen molar-refractivity contribution < 1.29 is 18.0 Å². The molecule has 1 spiro atoms. The molecule has 1 aliphatic carbocycles. The number of H-pyrrole nitrogens is 1. The summed E-state index contributed by atoms with van der Waals surface area (Å²) in [5.74, 6) is -0.352. The van der Waals surface area contributed by atoms with Crippen LogP contribution in [0.3, 0.4) is 0 Å². The summed E-state index contributed by atoms with van der Waals surface area (Å²) >= 11 is 0. The lowest BCUT2D eigenvalue weighted by atomic mass is 9.72. The molecule has 3 N–H and O–H groups in total. The lowest BCUT2D eigenvalue weighted by Gasteiger charge is -2.38. The van der Waals surface area contributed by atoms with E-state index in [2.05, 4.69) is 15.6 Å². The van der Waals surface area contributed by atoms with Crippen LogP contribution in [0.1, 0.15) is 102 Å². The highest BCUT2D eigenvalue weighted by atomic mass is 32.2. The van der Waals surface area contributed by atoms with E-state index in [1.165, 1.54) is 75.3 Å². The number of rotatable bonds is 6. The van der Waals surface area contributed by atoms with Gasteiger partial charge in [-0.25, -0.2) is 8.42 Å². The quantitative estimate of drug-likeness (QED) is 0.328. The van der Waals surface area contributed by atoms with Crippen molar-refractivity contribution in [1.29, 1.82) is 0 Å². The number of amides is 1. The van der Waals surface area contributed by atoms with Crippen LogP contribution in [-0.4, -0.2) is 31.6 Å². The number of aromatic amines is 1. The minimum absolute atomic E-state index is 0.0642. The Morgan fingerprint density at radius 2 is 1.55 bits per heavy atom. The zero-order valence-electron chi connectivity index (χ0n) is 23.2. The molecule has 5 rings (SSSR count). The van der Waals surface area contributed by atoms with Crippen LogP contribution >= 0.6 is 0 Å². The maximum absolute atomic E-state index is 13.1. The van der Waals surface area contributed by atoms with E-state index >= 15 is 0 Å². The number of hydrogen-bond donors (Lipinski definition) is 3. The smallest absolute Gasteiger partial charge is 0.267 e. The highest BCUT2D eigenvalue weighted by molar-refractivity contribution is 7.91. The summed E-state index contributed by atoms with van der Waals surface area (Å²) in [4.78, 5) is 28.6. The van der Waals surface area contributed by atoms with Gasteiger partial charge in [0, 0.05) is 36.3 Å². The van der Waals surface area contributed by atoms with Gasteiger partial charge in [-0.2, -0.15) is 0 Å². The van der Waals surface area contributed by atoms with Crippen molar-refractivity contribution in [1.82, 2.24) is 15.6 Å². The van der Waals surface area contributed by atoms with Gasteiger partial charge >= 0.3 is 0 Å². The van der Waals surface area contributed by atoms with E-state index in [9.17, 15) is 18.0 Å². The topological polar surface area (TPSA) is 108 Å². The third-order valence-corrected chi connectivity index (χ3v) is 10.3. The second-order valence-electron chi connectivity index (χ2n) is 11.4. The van der Waals surface area contributed by atoms with Gasteiger partial charge in [0.2, 0.25) is 9.84 Å². The molecular formula is C32H39N3O4S. The third kappa shape index (κ3) is 6.08. The van der Waals surface area contributed by atoms with E-state index in [0.717, 1.165) is 31.5 Å².